The quantitative estimate of drug-likeness (QED) is 0.135. The lowest BCUT2D eigenvalue weighted by atomic mass is 9.87. The molecule has 5 aromatic rings. The lowest BCUT2D eigenvalue weighted by molar-refractivity contribution is 0.307. The highest BCUT2D eigenvalue weighted by atomic mass is 32.2. The second-order valence-corrected chi connectivity index (χ2v) is 12.3. The van der Waals surface area contributed by atoms with Crippen molar-refractivity contribution in [2.45, 2.75) is 11.8 Å². The number of aryl methyl sites for hydroxylation is 1. The molecule has 238 valence electrons. The molecule has 9 heteroatoms. The van der Waals surface area contributed by atoms with Gasteiger partial charge in [-0.05, 0) is 71.7 Å². The fraction of sp³-hybridized carbons (Fsp3) is 0.132. The van der Waals surface area contributed by atoms with Crippen LogP contribution in [0.1, 0.15) is 18.1 Å². The van der Waals surface area contributed by atoms with Gasteiger partial charge >= 0.3 is 0 Å². The summed E-state index contributed by atoms with van der Waals surface area (Å²) in [5.41, 5.74) is 8.89. The summed E-state index contributed by atoms with van der Waals surface area (Å²) in [7, 11) is -2.49. The second-order valence-electron chi connectivity index (χ2n) is 10.9. The number of aliphatic imine (C=N–C) groups is 1. The molecule has 0 fully saturated rings. The summed E-state index contributed by atoms with van der Waals surface area (Å²) < 4.78 is 42.5. The standard InChI is InChI=1S/C38H35N3O5S/c1-3-46-34-15-9-13-32(38(34)47(43,44)45)40-30-22-18-27(19-23-30)35(26-16-20-29(21-17-26)39-24-25-42)36-31-12-7-8-14-33(31)41(2)37(36)28-10-5-4-6-11-28/h4-23,40,42H,3,24-25H2,1-2H3,(H,43,44,45). The number of hydrogen-bond donors (Lipinski definition) is 3. The van der Waals surface area contributed by atoms with E-state index in [1.807, 2.05) is 78.9 Å². The van der Waals surface area contributed by atoms with Gasteiger partial charge in [-0.15, -0.1) is 0 Å². The highest BCUT2D eigenvalue weighted by molar-refractivity contribution is 7.86. The zero-order valence-corrected chi connectivity index (χ0v) is 26.9. The smallest absolute Gasteiger partial charge is 0.300 e. The number of allylic oxidation sites excluding steroid dienone is 5. The van der Waals surface area contributed by atoms with Crippen LogP contribution >= 0.6 is 0 Å². The first-order chi connectivity index (χ1) is 22.8. The van der Waals surface area contributed by atoms with Crippen molar-refractivity contribution in [2.24, 2.45) is 12.0 Å². The number of aromatic nitrogens is 1. The highest BCUT2D eigenvalue weighted by Crippen LogP contribution is 2.43. The molecule has 6 rings (SSSR count). The number of para-hydroxylation sites is 1. The van der Waals surface area contributed by atoms with Crippen LogP contribution in [-0.4, -0.2) is 48.1 Å². The third-order valence-corrected chi connectivity index (χ3v) is 8.88. The van der Waals surface area contributed by atoms with Crippen LogP contribution in [0.2, 0.25) is 0 Å². The minimum Gasteiger partial charge on any atom is -0.492 e. The maximum atomic E-state index is 12.3. The lowest BCUT2D eigenvalue weighted by Gasteiger charge is -2.18. The topological polar surface area (TPSA) is 113 Å². The Hall–Kier alpha value is -5.22. The van der Waals surface area contributed by atoms with E-state index in [0.29, 0.717) is 12.2 Å². The maximum absolute atomic E-state index is 12.3. The normalized spacial score (nSPS) is 12.9. The Labute approximate surface area is 274 Å². The Morgan fingerprint density at radius 3 is 2.26 bits per heavy atom. The van der Waals surface area contributed by atoms with E-state index in [1.54, 1.807) is 19.1 Å². The van der Waals surface area contributed by atoms with E-state index in [4.69, 9.17) is 4.74 Å². The van der Waals surface area contributed by atoms with Gasteiger partial charge in [0, 0.05) is 29.2 Å². The fourth-order valence-electron chi connectivity index (χ4n) is 5.97. The Kier molecular flexibility index (Phi) is 9.22. The first kappa shape index (κ1) is 31.7. The summed E-state index contributed by atoms with van der Waals surface area (Å²) in [6.45, 7) is 2.31. The molecule has 0 spiro atoms. The third kappa shape index (κ3) is 6.55. The van der Waals surface area contributed by atoms with Gasteiger partial charge in [-0.3, -0.25) is 9.55 Å². The van der Waals surface area contributed by atoms with E-state index in [0.717, 1.165) is 50.1 Å². The Bertz CT molecular complexity index is 2140. The van der Waals surface area contributed by atoms with Gasteiger partial charge in [-0.25, -0.2) is 0 Å². The molecule has 0 unspecified atom stereocenters. The van der Waals surface area contributed by atoms with Crippen LogP contribution in [0.5, 0.6) is 5.75 Å². The largest absolute Gasteiger partial charge is 0.492 e. The van der Waals surface area contributed by atoms with E-state index < -0.39 is 10.1 Å². The number of rotatable bonds is 10. The van der Waals surface area contributed by atoms with Crippen molar-refractivity contribution >= 4 is 43.7 Å². The number of aliphatic hydroxyl groups is 1. The van der Waals surface area contributed by atoms with Crippen LogP contribution in [0.25, 0.3) is 27.7 Å². The molecule has 0 bridgehead atoms. The SMILES string of the molecule is CCOc1cccc(Nc2ccc(C(=C3C=CC(=NCCO)C=C3)c3c(-c4ccccc4)n(C)c4ccccc34)cc2)c1S(=O)(=O)O. The van der Waals surface area contributed by atoms with Crippen molar-refractivity contribution in [1.82, 2.24) is 4.57 Å². The Balaban J connectivity index is 1.52. The van der Waals surface area contributed by atoms with Gasteiger partial charge in [-0.2, -0.15) is 8.42 Å². The van der Waals surface area contributed by atoms with Crippen molar-refractivity contribution in [2.75, 3.05) is 25.1 Å². The summed E-state index contributed by atoms with van der Waals surface area (Å²) in [6.07, 6.45) is 8.00. The number of nitrogens with zero attached hydrogens (tertiary/aromatic N) is 2. The lowest BCUT2D eigenvalue weighted by Crippen LogP contribution is -2.07. The van der Waals surface area contributed by atoms with Crippen LogP contribution in [-0.2, 0) is 17.2 Å². The molecule has 47 heavy (non-hydrogen) atoms. The number of nitrogens with one attached hydrogen (secondary N) is 1. The third-order valence-electron chi connectivity index (χ3n) is 7.94. The van der Waals surface area contributed by atoms with Gasteiger partial charge in [0.25, 0.3) is 10.1 Å². The number of aliphatic hydroxyl groups excluding tert-OH is 1. The van der Waals surface area contributed by atoms with Gasteiger partial charge in [0.2, 0.25) is 0 Å². The zero-order chi connectivity index (χ0) is 33.0. The molecule has 0 saturated heterocycles. The molecule has 0 amide bonds. The summed E-state index contributed by atoms with van der Waals surface area (Å²) in [5.74, 6) is 0.0748. The molecule has 0 saturated carbocycles. The maximum Gasteiger partial charge on any atom is 0.300 e. The van der Waals surface area contributed by atoms with Gasteiger partial charge in [-0.1, -0.05) is 78.9 Å². The fourth-order valence-corrected chi connectivity index (χ4v) is 6.75. The molecular formula is C38H35N3O5S. The van der Waals surface area contributed by atoms with E-state index in [2.05, 4.69) is 46.2 Å². The van der Waals surface area contributed by atoms with Gasteiger partial charge < -0.3 is 19.7 Å². The molecule has 0 radical (unpaired) electrons. The van der Waals surface area contributed by atoms with Gasteiger partial charge in [0.1, 0.15) is 5.75 Å². The van der Waals surface area contributed by atoms with Crippen LogP contribution in [0.4, 0.5) is 11.4 Å². The zero-order valence-electron chi connectivity index (χ0n) is 26.1. The summed E-state index contributed by atoms with van der Waals surface area (Å²) >= 11 is 0. The molecule has 0 atom stereocenters. The molecule has 1 heterocycles. The second kappa shape index (κ2) is 13.6. The van der Waals surface area contributed by atoms with Crippen molar-refractivity contribution in [1.29, 1.82) is 0 Å². The van der Waals surface area contributed by atoms with Crippen LogP contribution in [0.15, 0.2) is 137 Å². The van der Waals surface area contributed by atoms with E-state index >= 15 is 0 Å². The van der Waals surface area contributed by atoms with E-state index in [-0.39, 0.29) is 29.5 Å². The minimum absolute atomic E-state index is 0.0163. The van der Waals surface area contributed by atoms with Crippen molar-refractivity contribution in [3.05, 3.63) is 138 Å². The summed E-state index contributed by atoms with van der Waals surface area (Å²) in [4.78, 5) is 4.13. The van der Waals surface area contributed by atoms with Crippen molar-refractivity contribution in [3.63, 3.8) is 0 Å². The minimum atomic E-state index is -4.57. The first-order valence-corrected chi connectivity index (χ1v) is 16.7. The first-order valence-electron chi connectivity index (χ1n) is 15.3. The van der Waals surface area contributed by atoms with Crippen LogP contribution < -0.4 is 10.1 Å². The average molecular weight is 646 g/mol. The van der Waals surface area contributed by atoms with E-state index in [1.165, 1.54) is 6.07 Å². The number of fused-ring (bicyclic) bond motifs is 1. The molecule has 1 aromatic heterocycles. The molecule has 1 aliphatic rings. The molecule has 4 aromatic carbocycles. The number of benzene rings is 4. The van der Waals surface area contributed by atoms with Crippen molar-refractivity contribution in [3.8, 4) is 17.0 Å². The number of hydrogen-bond acceptors (Lipinski definition) is 6. The predicted octanol–water partition coefficient (Wildman–Crippen LogP) is 7.60. The van der Waals surface area contributed by atoms with Crippen LogP contribution in [0, 0.1) is 0 Å². The molecule has 1 aliphatic carbocycles. The molecule has 0 aliphatic heterocycles. The molecular weight excluding hydrogens is 611 g/mol. The summed E-state index contributed by atoms with van der Waals surface area (Å²) in [6, 6.07) is 31.2. The Morgan fingerprint density at radius 2 is 1.57 bits per heavy atom. The highest BCUT2D eigenvalue weighted by Gasteiger charge is 2.24. The van der Waals surface area contributed by atoms with E-state index in [9.17, 15) is 18.1 Å². The molecule has 3 N–H and O–H groups in total. The predicted molar refractivity (Wildman–Crippen MR) is 189 cm³/mol. The van der Waals surface area contributed by atoms with Crippen LogP contribution in [0.3, 0.4) is 0 Å². The summed E-state index contributed by atoms with van der Waals surface area (Å²) in [5, 5.41) is 13.5. The number of anilines is 2. The Morgan fingerprint density at radius 1 is 0.872 bits per heavy atom. The van der Waals surface area contributed by atoms with Gasteiger partial charge in [0.05, 0.1) is 36.9 Å². The average Bonchev–Trinajstić information content (AvgIpc) is 3.37. The van der Waals surface area contributed by atoms with Gasteiger partial charge in [0.15, 0.2) is 4.90 Å². The molecule has 8 nitrogen and oxygen atoms in total. The monoisotopic (exact) mass is 645 g/mol. The number of ether oxygens (including phenoxy) is 1. The van der Waals surface area contributed by atoms with Crippen molar-refractivity contribution < 1.29 is 22.8 Å².